The Balaban J connectivity index is 1.67. The number of nitrogens with zero attached hydrogens (tertiary/aromatic N) is 7. The predicted octanol–water partition coefficient (Wildman–Crippen LogP) is 5.26. The van der Waals surface area contributed by atoms with E-state index in [0.717, 1.165) is 15.1 Å². The van der Waals surface area contributed by atoms with Gasteiger partial charge in [-0.3, -0.25) is 4.98 Å². The third-order valence-corrected chi connectivity index (χ3v) is 6.82. The molecular formula is C34H37FN8O6. The van der Waals surface area contributed by atoms with Gasteiger partial charge in [0.2, 0.25) is 5.95 Å². The molecule has 4 aromatic heterocycles. The smallest absolute Gasteiger partial charge is 0.425 e. The molecule has 0 aliphatic rings. The molecule has 3 N–H and O–H groups in total. The van der Waals surface area contributed by atoms with Gasteiger partial charge in [-0.2, -0.15) is 4.90 Å². The van der Waals surface area contributed by atoms with Crippen LogP contribution in [0.1, 0.15) is 58.6 Å². The van der Waals surface area contributed by atoms with Crippen LogP contribution in [0.25, 0.3) is 28.0 Å². The Morgan fingerprint density at radius 1 is 0.898 bits per heavy atom. The van der Waals surface area contributed by atoms with Crippen LogP contribution in [-0.2, 0) is 22.6 Å². The lowest BCUT2D eigenvalue weighted by atomic mass is 9.99. The van der Waals surface area contributed by atoms with Crippen molar-refractivity contribution in [2.45, 2.75) is 72.8 Å². The number of aliphatic hydroxyl groups excluding tert-OH is 1. The van der Waals surface area contributed by atoms with Gasteiger partial charge in [0.15, 0.2) is 17.3 Å². The summed E-state index contributed by atoms with van der Waals surface area (Å²) in [6.07, 6.45) is -2.41. The minimum Gasteiger partial charge on any atom is -0.443 e. The fraction of sp³-hybridized carbons (Fsp3) is 0.324. The van der Waals surface area contributed by atoms with Crippen LogP contribution >= 0.6 is 0 Å². The molecule has 0 spiro atoms. The number of carbonyl (C=O) groups excluding carboxylic acids is 2. The number of halogens is 1. The van der Waals surface area contributed by atoms with Gasteiger partial charge in [-0.05, 0) is 78.3 Å². The van der Waals surface area contributed by atoms with E-state index in [0.29, 0.717) is 38.7 Å². The summed E-state index contributed by atoms with van der Waals surface area (Å²) < 4.78 is 28.3. The Labute approximate surface area is 281 Å². The van der Waals surface area contributed by atoms with Crippen LogP contribution in [0.5, 0.6) is 0 Å². The molecule has 0 unspecified atom stereocenters. The molecule has 256 valence electrons. The number of rotatable bonds is 6. The van der Waals surface area contributed by atoms with E-state index in [1.165, 1.54) is 6.07 Å². The molecule has 0 saturated heterocycles. The Morgan fingerprint density at radius 2 is 1.53 bits per heavy atom. The number of pyridine rings is 2. The molecule has 2 amide bonds. The molecule has 5 rings (SSSR count). The second-order valence-corrected chi connectivity index (χ2v) is 13.2. The lowest BCUT2D eigenvalue weighted by Crippen LogP contribution is -2.44. The zero-order chi connectivity index (χ0) is 35.8. The molecule has 0 radical (unpaired) electrons. The Kier molecular flexibility index (Phi) is 9.24. The average Bonchev–Trinajstić information content (AvgIpc) is 3.32. The fourth-order valence-corrected chi connectivity index (χ4v) is 4.97. The van der Waals surface area contributed by atoms with E-state index >= 15 is 4.39 Å². The molecule has 4 heterocycles. The highest BCUT2D eigenvalue weighted by molar-refractivity contribution is 6.08. The Hall–Kier alpha value is -5.70. The second-order valence-electron chi connectivity index (χ2n) is 13.2. The van der Waals surface area contributed by atoms with Gasteiger partial charge in [-0.25, -0.2) is 37.8 Å². The zero-order valence-electron chi connectivity index (χ0n) is 28.2. The number of amides is 2. The monoisotopic (exact) mass is 672 g/mol. The highest BCUT2D eigenvalue weighted by Gasteiger charge is 2.35. The molecule has 5 aromatic rings. The molecule has 0 aliphatic heterocycles. The maximum Gasteiger partial charge on any atom is 0.425 e. The van der Waals surface area contributed by atoms with Crippen molar-refractivity contribution in [3.63, 3.8) is 0 Å². The van der Waals surface area contributed by atoms with Gasteiger partial charge in [-0.15, -0.1) is 5.10 Å². The Bertz CT molecular complexity index is 2090. The summed E-state index contributed by atoms with van der Waals surface area (Å²) >= 11 is 0. The molecule has 0 bridgehead atoms. The molecule has 14 nitrogen and oxygen atoms in total. The summed E-state index contributed by atoms with van der Waals surface area (Å²) in [6.45, 7) is 10.7. The summed E-state index contributed by atoms with van der Waals surface area (Å²) in [5.41, 5.74) is 6.99. The number of hydrogen-bond donors (Lipinski definition) is 2. The fourth-order valence-electron chi connectivity index (χ4n) is 4.97. The van der Waals surface area contributed by atoms with Crippen molar-refractivity contribution in [2.75, 3.05) is 10.6 Å². The number of carbonyl (C=O) groups is 2. The molecule has 49 heavy (non-hydrogen) atoms. The highest BCUT2D eigenvalue weighted by atomic mass is 19.1. The van der Waals surface area contributed by atoms with Gasteiger partial charge in [-0.1, -0.05) is 30.3 Å². The first-order chi connectivity index (χ1) is 23.0. The summed E-state index contributed by atoms with van der Waals surface area (Å²) in [5.74, 6) is -1.84. The summed E-state index contributed by atoms with van der Waals surface area (Å²) in [6, 6.07) is 14.9. The standard InChI is InChI=1S/C34H37FN8O6/c1-19-15-21(16-23(18-44)37-19)25-26(20-11-9-8-10-12-20)39-29(36)42-28(25)40-41(30(42)45)17-22-13-14-24(35)27(38-22)43(31(46)48-33(2,3)4)32(47)49-34(5,6)7/h8-16,44H,17-18H2,1-7H3,(H2,36,39). The van der Waals surface area contributed by atoms with E-state index in [1.54, 1.807) is 60.6 Å². The number of nitrogens with two attached hydrogens (primary N) is 1. The first-order valence-corrected chi connectivity index (χ1v) is 15.3. The first-order valence-electron chi connectivity index (χ1n) is 15.3. The van der Waals surface area contributed by atoms with Crippen molar-refractivity contribution in [1.29, 1.82) is 0 Å². The summed E-state index contributed by atoms with van der Waals surface area (Å²) in [7, 11) is 0. The highest BCUT2D eigenvalue weighted by Crippen LogP contribution is 2.35. The Morgan fingerprint density at radius 3 is 2.12 bits per heavy atom. The quantitative estimate of drug-likeness (QED) is 0.240. The van der Waals surface area contributed by atoms with E-state index in [-0.39, 0.29) is 30.4 Å². The van der Waals surface area contributed by atoms with Crippen LogP contribution in [0, 0.1) is 12.7 Å². The van der Waals surface area contributed by atoms with Gasteiger partial charge in [0, 0.05) is 11.3 Å². The van der Waals surface area contributed by atoms with E-state index in [9.17, 15) is 19.5 Å². The van der Waals surface area contributed by atoms with Crippen molar-refractivity contribution < 1.29 is 28.6 Å². The summed E-state index contributed by atoms with van der Waals surface area (Å²) in [5, 5.41) is 14.5. The third-order valence-electron chi connectivity index (χ3n) is 6.82. The van der Waals surface area contributed by atoms with E-state index in [4.69, 9.17) is 15.2 Å². The number of ether oxygens (including phenoxy) is 2. The largest absolute Gasteiger partial charge is 0.443 e. The molecule has 0 fully saturated rings. The zero-order valence-corrected chi connectivity index (χ0v) is 28.2. The van der Waals surface area contributed by atoms with Gasteiger partial charge in [0.1, 0.15) is 11.2 Å². The maximum absolute atomic E-state index is 15.3. The van der Waals surface area contributed by atoms with E-state index < -0.39 is 40.7 Å². The number of benzene rings is 1. The normalized spacial score (nSPS) is 11.9. The van der Waals surface area contributed by atoms with Crippen LogP contribution in [-0.4, -0.2) is 57.6 Å². The lowest BCUT2D eigenvalue weighted by molar-refractivity contribution is 0.0427. The molecular weight excluding hydrogens is 635 g/mol. The van der Waals surface area contributed by atoms with Crippen molar-refractivity contribution in [2.24, 2.45) is 0 Å². The number of anilines is 2. The van der Waals surface area contributed by atoms with Crippen LogP contribution in [0.3, 0.4) is 0 Å². The maximum atomic E-state index is 15.3. The molecule has 0 aliphatic carbocycles. The number of aromatic nitrogens is 6. The molecule has 15 heteroatoms. The minimum absolute atomic E-state index is 0.0673. The van der Waals surface area contributed by atoms with Crippen LogP contribution in [0.15, 0.2) is 59.4 Å². The number of aryl methyl sites for hydroxylation is 1. The van der Waals surface area contributed by atoms with E-state index in [1.807, 2.05) is 30.3 Å². The lowest BCUT2D eigenvalue weighted by Gasteiger charge is -2.28. The number of aliphatic hydroxyl groups is 1. The van der Waals surface area contributed by atoms with Crippen molar-refractivity contribution in [1.82, 2.24) is 29.1 Å². The van der Waals surface area contributed by atoms with Crippen molar-refractivity contribution >= 4 is 29.6 Å². The van der Waals surface area contributed by atoms with Gasteiger partial charge in [0.05, 0.1) is 35.8 Å². The SMILES string of the molecule is Cc1cc(-c2c(-c3ccccc3)nc(N)n3c(=O)n(Cc4ccc(F)c(N(C(=O)OC(C)(C)C)C(=O)OC(C)(C)C)n4)nc23)cc(CO)n1. The third kappa shape index (κ3) is 7.56. The van der Waals surface area contributed by atoms with Crippen LogP contribution < -0.4 is 16.3 Å². The van der Waals surface area contributed by atoms with Gasteiger partial charge in [0.25, 0.3) is 0 Å². The van der Waals surface area contributed by atoms with Crippen LogP contribution in [0.4, 0.5) is 25.7 Å². The average molecular weight is 673 g/mol. The van der Waals surface area contributed by atoms with Gasteiger partial charge >= 0.3 is 17.9 Å². The second kappa shape index (κ2) is 13.1. The number of nitrogen functional groups attached to an aromatic ring is 1. The predicted molar refractivity (Wildman–Crippen MR) is 179 cm³/mol. The molecule has 0 atom stereocenters. The van der Waals surface area contributed by atoms with Crippen molar-refractivity contribution in [3.05, 3.63) is 88.0 Å². The number of fused-ring (bicyclic) bond motifs is 1. The van der Waals surface area contributed by atoms with Gasteiger partial charge < -0.3 is 20.3 Å². The number of imide groups is 1. The van der Waals surface area contributed by atoms with Crippen LogP contribution in [0.2, 0.25) is 0 Å². The number of hydrogen-bond acceptors (Lipinski definition) is 11. The van der Waals surface area contributed by atoms with Crippen molar-refractivity contribution in [3.8, 4) is 22.4 Å². The molecule has 0 saturated carbocycles. The molecule has 1 aromatic carbocycles. The van der Waals surface area contributed by atoms with E-state index in [2.05, 4.69) is 20.1 Å². The topological polar surface area (TPSA) is 180 Å². The minimum atomic E-state index is -1.21. The first kappa shape index (κ1) is 34.6. The summed E-state index contributed by atoms with van der Waals surface area (Å²) in [4.78, 5) is 53.8.